The van der Waals surface area contributed by atoms with Gasteiger partial charge >= 0.3 is 0 Å². The number of pyridine rings is 1. The Kier molecular flexibility index (Phi) is 6.74. The average molecular weight is 564 g/mol. The zero-order chi connectivity index (χ0) is 25.4. The number of thiophene rings is 1. The van der Waals surface area contributed by atoms with Crippen molar-refractivity contribution < 1.29 is 18.1 Å². The molecule has 1 saturated heterocycles. The van der Waals surface area contributed by atoms with Crippen LogP contribution < -0.4 is 4.90 Å². The Morgan fingerprint density at radius 1 is 1.22 bits per heavy atom. The van der Waals surface area contributed by atoms with Gasteiger partial charge in [0.2, 0.25) is 5.91 Å². The predicted molar refractivity (Wildman–Crippen MR) is 138 cm³/mol. The van der Waals surface area contributed by atoms with E-state index in [1.165, 1.54) is 39.5 Å². The molecule has 1 aliphatic heterocycles. The number of sulfonamides is 1. The minimum absolute atomic E-state index is 0.0663. The Balaban J connectivity index is 1.53. The number of thiazole rings is 1. The van der Waals surface area contributed by atoms with E-state index < -0.39 is 26.9 Å². The summed E-state index contributed by atoms with van der Waals surface area (Å²) < 4.78 is 28.9. The van der Waals surface area contributed by atoms with E-state index in [2.05, 4.69) is 9.97 Å². The standard InChI is InChI=1S/C22H18ClN5O5S3/c23-19-8-9-20(35-19)36(32,33)27-11-3-5-17(27)21(29)26(13-14-4-1-2-10-24-14)22-25-16-7-6-15(28(30)31)12-18(16)34-22/h1-2,4,6-10,12,17H,3,5,11,13H2. The van der Waals surface area contributed by atoms with Crippen molar-refractivity contribution in [3.8, 4) is 0 Å². The van der Waals surface area contributed by atoms with Crippen molar-refractivity contribution in [1.82, 2.24) is 14.3 Å². The first-order valence-electron chi connectivity index (χ1n) is 10.8. The van der Waals surface area contributed by atoms with E-state index in [0.717, 1.165) is 22.7 Å². The van der Waals surface area contributed by atoms with Crippen LogP contribution in [0.5, 0.6) is 0 Å². The van der Waals surface area contributed by atoms with Gasteiger partial charge in [-0.05, 0) is 43.2 Å². The summed E-state index contributed by atoms with van der Waals surface area (Å²) in [7, 11) is -3.93. The highest BCUT2D eigenvalue weighted by Crippen LogP contribution is 2.36. The molecule has 1 fully saturated rings. The molecule has 1 atom stereocenters. The minimum atomic E-state index is -3.93. The highest BCUT2D eigenvalue weighted by Gasteiger charge is 2.42. The molecule has 1 aliphatic rings. The number of hydrogen-bond acceptors (Lipinski definition) is 9. The fourth-order valence-corrected chi connectivity index (χ4v) is 8.30. The molecular formula is C22H18ClN5O5S3. The molecule has 14 heteroatoms. The van der Waals surface area contributed by atoms with E-state index in [4.69, 9.17) is 11.6 Å². The number of carbonyl (C=O) groups excluding carboxylic acids is 1. The van der Waals surface area contributed by atoms with E-state index in [0.29, 0.717) is 38.2 Å². The molecular weight excluding hydrogens is 546 g/mol. The van der Waals surface area contributed by atoms with Crippen LogP contribution in [0.25, 0.3) is 10.2 Å². The summed E-state index contributed by atoms with van der Waals surface area (Å²) in [5.74, 6) is -0.432. The summed E-state index contributed by atoms with van der Waals surface area (Å²) in [4.78, 5) is 34.9. The fourth-order valence-electron chi connectivity index (χ4n) is 4.03. The maximum atomic E-state index is 13.9. The number of amides is 1. The number of aromatic nitrogens is 2. The molecule has 5 rings (SSSR count). The van der Waals surface area contributed by atoms with Crippen molar-refractivity contribution in [2.24, 2.45) is 0 Å². The number of benzene rings is 1. The van der Waals surface area contributed by atoms with Crippen LogP contribution in [0.2, 0.25) is 4.34 Å². The smallest absolute Gasteiger partial charge is 0.270 e. The molecule has 1 aromatic carbocycles. The van der Waals surface area contributed by atoms with E-state index in [-0.39, 0.29) is 23.0 Å². The monoisotopic (exact) mass is 563 g/mol. The van der Waals surface area contributed by atoms with Crippen molar-refractivity contribution in [1.29, 1.82) is 0 Å². The molecule has 4 aromatic rings. The molecule has 0 saturated carbocycles. The molecule has 3 aromatic heterocycles. The number of non-ortho nitro benzene ring substituents is 1. The van der Waals surface area contributed by atoms with Crippen LogP contribution >= 0.6 is 34.3 Å². The van der Waals surface area contributed by atoms with Crippen molar-refractivity contribution in [2.45, 2.75) is 29.6 Å². The normalized spacial score (nSPS) is 16.4. The lowest BCUT2D eigenvalue weighted by atomic mass is 10.2. The van der Waals surface area contributed by atoms with Crippen molar-refractivity contribution >= 4 is 71.2 Å². The first-order chi connectivity index (χ1) is 17.2. The van der Waals surface area contributed by atoms with Crippen LogP contribution in [0, 0.1) is 10.1 Å². The Bertz CT molecular complexity index is 1560. The number of anilines is 1. The summed E-state index contributed by atoms with van der Waals surface area (Å²) in [6.45, 7) is 0.272. The topological polar surface area (TPSA) is 127 Å². The van der Waals surface area contributed by atoms with E-state index in [1.54, 1.807) is 24.4 Å². The molecule has 0 radical (unpaired) electrons. The maximum Gasteiger partial charge on any atom is 0.270 e. The first-order valence-corrected chi connectivity index (χ1v) is 14.2. The Labute approximate surface area is 219 Å². The van der Waals surface area contributed by atoms with Crippen LogP contribution in [0.3, 0.4) is 0 Å². The lowest BCUT2D eigenvalue weighted by Crippen LogP contribution is -2.47. The van der Waals surface area contributed by atoms with E-state index >= 15 is 0 Å². The number of carbonyl (C=O) groups is 1. The van der Waals surface area contributed by atoms with Crippen LogP contribution in [0.15, 0.2) is 58.9 Å². The zero-order valence-corrected chi connectivity index (χ0v) is 21.7. The number of nitro groups is 1. The second-order valence-corrected chi connectivity index (χ2v) is 12.8. The number of fused-ring (bicyclic) bond motifs is 1. The van der Waals surface area contributed by atoms with E-state index in [9.17, 15) is 23.3 Å². The summed E-state index contributed by atoms with van der Waals surface area (Å²) in [6.07, 6.45) is 2.48. The molecule has 36 heavy (non-hydrogen) atoms. The molecule has 0 spiro atoms. The molecule has 10 nitrogen and oxygen atoms in total. The van der Waals surface area contributed by atoms with E-state index in [1.807, 2.05) is 0 Å². The highest BCUT2D eigenvalue weighted by atomic mass is 35.5. The number of nitro benzene ring substituents is 1. The van der Waals surface area contributed by atoms with Gasteiger partial charge < -0.3 is 0 Å². The van der Waals surface area contributed by atoms with Crippen molar-refractivity contribution in [3.05, 3.63) is 74.9 Å². The maximum absolute atomic E-state index is 13.9. The third-order valence-corrected chi connectivity index (χ3v) is 10.4. The third-order valence-electron chi connectivity index (χ3n) is 5.72. The highest BCUT2D eigenvalue weighted by molar-refractivity contribution is 7.91. The van der Waals surface area contributed by atoms with Gasteiger partial charge in [0.15, 0.2) is 5.13 Å². The van der Waals surface area contributed by atoms with Crippen LogP contribution in [0.1, 0.15) is 18.5 Å². The van der Waals surface area contributed by atoms with Crippen LogP contribution in [-0.2, 0) is 21.4 Å². The largest absolute Gasteiger partial charge is 0.281 e. The third kappa shape index (κ3) is 4.72. The summed E-state index contributed by atoms with van der Waals surface area (Å²) in [5, 5.41) is 11.5. The summed E-state index contributed by atoms with van der Waals surface area (Å²) in [5.41, 5.74) is 1.01. The Morgan fingerprint density at radius 3 is 2.75 bits per heavy atom. The predicted octanol–water partition coefficient (Wildman–Crippen LogP) is 4.70. The fraction of sp³-hybridized carbons (Fsp3) is 0.227. The molecule has 0 N–H and O–H groups in total. The van der Waals surface area contributed by atoms with Gasteiger partial charge in [-0.1, -0.05) is 29.0 Å². The lowest BCUT2D eigenvalue weighted by molar-refractivity contribution is -0.384. The second-order valence-electron chi connectivity index (χ2n) is 7.98. The van der Waals surface area contributed by atoms with Gasteiger partial charge in [-0.3, -0.25) is 24.8 Å². The number of nitrogens with zero attached hydrogens (tertiary/aromatic N) is 5. The van der Waals surface area contributed by atoms with Crippen LogP contribution in [0.4, 0.5) is 10.8 Å². The van der Waals surface area contributed by atoms with Gasteiger partial charge in [-0.2, -0.15) is 4.31 Å². The molecule has 4 heterocycles. The van der Waals surface area contributed by atoms with Crippen molar-refractivity contribution in [2.75, 3.05) is 11.4 Å². The lowest BCUT2D eigenvalue weighted by Gasteiger charge is -2.28. The number of halogens is 1. The van der Waals surface area contributed by atoms with Gasteiger partial charge in [0.25, 0.3) is 15.7 Å². The molecule has 1 unspecified atom stereocenters. The van der Waals surface area contributed by atoms with Gasteiger partial charge in [-0.15, -0.1) is 11.3 Å². The first kappa shape index (κ1) is 24.7. The number of rotatable bonds is 7. The Hall–Kier alpha value is -2.97. The summed E-state index contributed by atoms with van der Waals surface area (Å²) >= 11 is 8.04. The second kappa shape index (κ2) is 9.82. The van der Waals surface area contributed by atoms with Gasteiger partial charge in [-0.25, -0.2) is 13.4 Å². The molecule has 0 bridgehead atoms. The quantitative estimate of drug-likeness (QED) is 0.235. The van der Waals surface area contributed by atoms with Gasteiger partial charge in [0.05, 0.1) is 31.7 Å². The number of hydrogen-bond donors (Lipinski definition) is 0. The van der Waals surface area contributed by atoms with Gasteiger partial charge in [0, 0.05) is 24.9 Å². The molecule has 0 aliphatic carbocycles. The minimum Gasteiger partial charge on any atom is -0.281 e. The van der Waals surface area contributed by atoms with Crippen molar-refractivity contribution in [3.63, 3.8) is 0 Å². The average Bonchev–Trinajstić information content (AvgIpc) is 3.61. The molecule has 1 amide bonds. The molecule has 186 valence electrons. The SMILES string of the molecule is O=C(C1CCCN1S(=O)(=O)c1ccc(Cl)s1)N(Cc1ccccn1)c1nc2ccc([N+](=O)[O-])cc2s1. The zero-order valence-electron chi connectivity index (χ0n) is 18.5. The Morgan fingerprint density at radius 2 is 2.06 bits per heavy atom. The summed E-state index contributed by atoms with van der Waals surface area (Å²) in [6, 6.07) is 11.6. The van der Waals surface area contributed by atoms with Gasteiger partial charge in [0.1, 0.15) is 10.3 Å². The van der Waals surface area contributed by atoms with Crippen LogP contribution in [-0.4, -0.2) is 46.1 Å².